The zero-order valence-electron chi connectivity index (χ0n) is 15.2. The average Bonchev–Trinajstić information content (AvgIpc) is 3.10. The summed E-state index contributed by atoms with van der Waals surface area (Å²) in [7, 11) is 0. The maximum absolute atomic E-state index is 13.7. The van der Waals surface area contributed by atoms with Gasteiger partial charge in [-0.25, -0.2) is 9.07 Å². The summed E-state index contributed by atoms with van der Waals surface area (Å²) >= 11 is 5.76. The van der Waals surface area contributed by atoms with E-state index in [0.29, 0.717) is 9.70 Å². The molecule has 0 aliphatic heterocycles. The predicted molar refractivity (Wildman–Crippen MR) is 102 cm³/mol. The van der Waals surface area contributed by atoms with Crippen molar-refractivity contribution in [1.82, 2.24) is 9.78 Å². The number of anilines is 2. The minimum absolute atomic E-state index is 0.0162. The Hall–Kier alpha value is -3.40. The van der Waals surface area contributed by atoms with E-state index in [1.54, 1.807) is 0 Å². The van der Waals surface area contributed by atoms with Gasteiger partial charge < -0.3 is 10.6 Å². The van der Waals surface area contributed by atoms with Gasteiger partial charge in [-0.3, -0.25) is 9.59 Å². The van der Waals surface area contributed by atoms with Crippen LogP contribution in [0.5, 0.6) is 0 Å². The van der Waals surface area contributed by atoms with Crippen LogP contribution in [0.1, 0.15) is 23.0 Å². The summed E-state index contributed by atoms with van der Waals surface area (Å²) < 4.78 is 55.4. The Morgan fingerprint density at radius 3 is 2.33 bits per heavy atom. The second-order valence-corrected chi connectivity index (χ2v) is 6.56. The molecule has 0 saturated carbocycles. The first kappa shape index (κ1) is 21.3. The molecule has 0 aliphatic carbocycles. The van der Waals surface area contributed by atoms with Gasteiger partial charge in [0.05, 0.1) is 23.1 Å². The van der Waals surface area contributed by atoms with E-state index in [4.69, 9.17) is 11.6 Å². The SMILES string of the molecule is CC(=O)Nc1cc(NC(=O)c2cnn(-c3ccc(Cl)cc3)c2C(F)(F)F)ccc1F. The molecule has 0 aliphatic rings. The normalized spacial score (nSPS) is 11.3. The van der Waals surface area contributed by atoms with Crippen LogP contribution in [0.3, 0.4) is 0 Å². The van der Waals surface area contributed by atoms with Gasteiger partial charge in [-0.15, -0.1) is 0 Å². The maximum Gasteiger partial charge on any atom is 0.434 e. The van der Waals surface area contributed by atoms with Gasteiger partial charge in [-0.2, -0.15) is 18.3 Å². The summed E-state index contributed by atoms with van der Waals surface area (Å²) in [6, 6.07) is 8.63. The molecule has 1 heterocycles. The summed E-state index contributed by atoms with van der Waals surface area (Å²) in [6.45, 7) is 1.16. The van der Waals surface area contributed by atoms with Crippen molar-refractivity contribution in [2.45, 2.75) is 13.1 Å². The number of carbonyl (C=O) groups is 2. The van der Waals surface area contributed by atoms with Crippen molar-refractivity contribution in [3.63, 3.8) is 0 Å². The molecule has 0 bridgehead atoms. The zero-order valence-corrected chi connectivity index (χ0v) is 16.0. The molecule has 1 aromatic heterocycles. The molecule has 30 heavy (non-hydrogen) atoms. The van der Waals surface area contributed by atoms with Crippen molar-refractivity contribution in [2.24, 2.45) is 0 Å². The molecule has 3 rings (SSSR count). The Morgan fingerprint density at radius 1 is 1.07 bits per heavy atom. The Kier molecular flexibility index (Phi) is 5.79. The first-order valence-corrected chi connectivity index (χ1v) is 8.73. The Morgan fingerprint density at radius 2 is 1.73 bits per heavy atom. The first-order valence-electron chi connectivity index (χ1n) is 8.36. The standard InChI is InChI=1S/C19H13ClF4N4O2/c1-10(29)26-16-8-12(4-7-15(16)21)27-18(30)14-9-25-28(17(14)19(22,23)24)13-5-2-11(20)3-6-13/h2-9H,1H3,(H,26,29)(H,27,30). The summed E-state index contributed by atoms with van der Waals surface area (Å²) in [5, 5.41) is 8.49. The van der Waals surface area contributed by atoms with E-state index in [2.05, 4.69) is 15.7 Å². The number of hydrogen-bond acceptors (Lipinski definition) is 3. The van der Waals surface area contributed by atoms with Gasteiger partial charge in [-0.05, 0) is 42.5 Å². The molecule has 6 nitrogen and oxygen atoms in total. The number of benzene rings is 2. The number of halogens is 5. The third-order valence-electron chi connectivity index (χ3n) is 3.89. The number of alkyl halides is 3. The van der Waals surface area contributed by atoms with Crippen LogP contribution in [0.25, 0.3) is 5.69 Å². The number of aromatic nitrogens is 2. The minimum Gasteiger partial charge on any atom is -0.324 e. The molecular formula is C19H13ClF4N4O2. The molecule has 0 atom stereocenters. The summed E-state index contributed by atoms with van der Waals surface area (Å²) in [6.07, 6.45) is -4.11. The minimum atomic E-state index is -4.90. The number of nitrogens with one attached hydrogen (secondary N) is 2. The smallest absolute Gasteiger partial charge is 0.324 e. The van der Waals surface area contributed by atoms with Crippen molar-refractivity contribution >= 4 is 34.8 Å². The number of nitrogens with zero attached hydrogens (tertiary/aromatic N) is 2. The molecule has 2 N–H and O–H groups in total. The average molecular weight is 441 g/mol. The van der Waals surface area contributed by atoms with Crippen molar-refractivity contribution in [3.05, 3.63) is 70.8 Å². The lowest BCUT2D eigenvalue weighted by Crippen LogP contribution is -2.21. The third kappa shape index (κ3) is 4.60. The molecule has 156 valence electrons. The lowest BCUT2D eigenvalue weighted by Gasteiger charge is -2.13. The first-order chi connectivity index (χ1) is 14.1. The third-order valence-corrected chi connectivity index (χ3v) is 4.14. The van der Waals surface area contributed by atoms with Crippen molar-refractivity contribution in [3.8, 4) is 5.69 Å². The predicted octanol–water partition coefficient (Wildman–Crippen LogP) is 4.89. The van der Waals surface area contributed by atoms with Crippen LogP contribution >= 0.6 is 11.6 Å². The molecule has 3 aromatic rings. The van der Waals surface area contributed by atoms with Crippen molar-refractivity contribution < 1.29 is 27.2 Å². The summed E-state index contributed by atoms with van der Waals surface area (Å²) in [5.74, 6) is -2.43. The summed E-state index contributed by atoms with van der Waals surface area (Å²) in [4.78, 5) is 23.7. The topological polar surface area (TPSA) is 76.0 Å². The second-order valence-electron chi connectivity index (χ2n) is 6.12. The Labute approximate surface area is 172 Å². The fourth-order valence-electron chi connectivity index (χ4n) is 2.65. The van der Waals surface area contributed by atoms with Gasteiger partial charge in [0.15, 0.2) is 5.69 Å². The van der Waals surface area contributed by atoms with Gasteiger partial charge >= 0.3 is 6.18 Å². The molecule has 0 spiro atoms. The van der Waals surface area contributed by atoms with Crippen LogP contribution in [0.2, 0.25) is 5.02 Å². The van der Waals surface area contributed by atoms with E-state index in [-0.39, 0.29) is 17.1 Å². The zero-order chi connectivity index (χ0) is 22.1. The number of carbonyl (C=O) groups excluding carboxylic acids is 2. The number of amides is 2. The molecule has 0 fully saturated rings. The van der Waals surface area contributed by atoms with Gasteiger partial charge in [0.2, 0.25) is 5.91 Å². The molecule has 2 aromatic carbocycles. The second kappa shape index (κ2) is 8.15. The van der Waals surface area contributed by atoms with Gasteiger partial charge in [0.1, 0.15) is 5.82 Å². The van der Waals surface area contributed by atoms with E-state index in [9.17, 15) is 27.2 Å². The van der Waals surface area contributed by atoms with Crippen LogP contribution in [-0.4, -0.2) is 21.6 Å². The highest BCUT2D eigenvalue weighted by Gasteiger charge is 2.40. The lowest BCUT2D eigenvalue weighted by atomic mass is 10.2. The Bertz CT molecular complexity index is 1110. The van der Waals surface area contributed by atoms with Crippen LogP contribution < -0.4 is 10.6 Å². The maximum atomic E-state index is 13.7. The van der Waals surface area contributed by atoms with Gasteiger partial charge in [0, 0.05) is 17.6 Å². The van der Waals surface area contributed by atoms with Crippen molar-refractivity contribution in [1.29, 1.82) is 0 Å². The van der Waals surface area contributed by atoms with Crippen LogP contribution in [0, 0.1) is 5.82 Å². The van der Waals surface area contributed by atoms with Crippen LogP contribution in [-0.2, 0) is 11.0 Å². The van der Waals surface area contributed by atoms with Crippen molar-refractivity contribution in [2.75, 3.05) is 10.6 Å². The molecule has 11 heteroatoms. The molecule has 0 unspecified atom stereocenters. The number of rotatable bonds is 4. The van der Waals surface area contributed by atoms with Crippen LogP contribution in [0.15, 0.2) is 48.7 Å². The molecule has 2 amide bonds. The molecular weight excluding hydrogens is 428 g/mol. The lowest BCUT2D eigenvalue weighted by molar-refractivity contribution is -0.143. The molecule has 0 saturated heterocycles. The number of hydrogen-bond donors (Lipinski definition) is 2. The molecule has 0 radical (unpaired) electrons. The quantitative estimate of drug-likeness (QED) is 0.567. The van der Waals surface area contributed by atoms with E-state index < -0.39 is 35.1 Å². The monoisotopic (exact) mass is 440 g/mol. The summed E-state index contributed by atoms with van der Waals surface area (Å²) in [5.41, 5.74) is -2.21. The van der Waals surface area contributed by atoms with E-state index >= 15 is 0 Å². The highest BCUT2D eigenvalue weighted by atomic mass is 35.5. The van der Waals surface area contributed by atoms with Gasteiger partial charge in [0.25, 0.3) is 5.91 Å². The highest BCUT2D eigenvalue weighted by Crippen LogP contribution is 2.34. The van der Waals surface area contributed by atoms with E-state index in [1.807, 2.05) is 0 Å². The fraction of sp³-hybridized carbons (Fsp3) is 0.105. The fourth-order valence-corrected chi connectivity index (χ4v) is 2.78. The van der Waals surface area contributed by atoms with E-state index in [0.717, 1.165) is 31.3 Å². The van der Waals surface area contributed by atoms with Gasteiger partial charge in [-0.1, -0.05) is 11.6 Å². The van der Waals surface area contributed by atoms with Crippen LogP contribution in [0.4, 0.5) is 28.9 Å². The largest absolute Gasteiger partial charge is 0.434 e. The Balaban J connectivity index is 1.97. The highest BCUT2D eigenvalue weighted by molar-refractivity contribution is 6.30. The van der Waals surface area contributed by atoms with E-state index in [1.165, 1.54) is 24.3 Å².